The number of aromatic nitrogens is 4. The molecule has 0 aliphatic heterocycles. The number of benzene rings is 2. The van der Waals surface area contributed by atoms with Crippen LogP contribution in [0.5, 0.6) is 5.75 Å². The lowest BCUT2D eigenvalue weighted by Gasteiger charge is -2.10. The smallest absolute Gasteiger partial charge is 0.214 e. The monoisotopic (exact) mass is 348 g/mol. The molecule has 0 aliphatic rings. The fourth-order valence-corrected chi connectivity index (χ4v) is 3.05. The molecule has 3 rings (SSSR count). The van der Waals surface area contributed by atoms with E-state index in [1.54, 1.807) is 7.11 Å². The van der Waals surface area contributed by atoms with Gasteiger partial charge in [0.05, 0.1) is 7.11 Å². The van der Waals surface area contributed by atoms with E-state index in [1.807, 2.05) is 25.1 Å². The molecule has 3 aromatic rings. The van der Waals surface area contributed by atoms with Gasteiger partial charge in [0.15, 0.2) is 11.6 Å². The Balaban J connectivity index is 1.89. The zero-order valence-corrected chi connectivity index (χ0v) is 13.8. The highest BCUT2D eigenvalue weighted by atomic mass is 32.2. The van der Waals surface area contributed by atoms with Crippen molar-refractivity contribution >= 4 is 11.8 Å². The SMILES string of the molecule is COc1ccc(C)cc1-n1nnnc1SCc1cccc(F)c1F. The molecule has 1 aromatic heterocycles. The molecule has 0 N–H and O–H groups in total. The van der Waals surface area contributed by atoms with Crippen LogP contribution in [0, 0.1) is 18.6 Å². The van der Waals surface area contributed by atoms with Gasteiger partial charge in [0.2, 0.25) is 5.16 Å². The summed E-state index contributed by atoms with van der Waals surface area (Å²) in [6.45, 7) is 1.95. The number of rotatable bonds is 5. The van der Waals surface area contributed by atoms with Gasteiger partial charge >= 0.3 is 0 Å². The molecule has 2 aromatic carbocycles. The van der Waals surface area contributed by atoms with E-state index >= 15 is 0 Å². The Bertz CT molecular complexity index is 869. The summed E-state index contributed by atoms with van der Waals surface area (Å²) < 4.78 is 33.9. The van der Waals surface area contributed by atoms with Crippen LogP contribution in [0.15, 0.2) is 41.6 Å². The maximum atomic E-state index is 13.8. The second-order valence-corrected chi connectivity index (χ2v) is 5.99. The molecule has 0 saturated carbocycles. The molecule has 1 heterocycles. The highest BCUT2D eigenvalue weighted by Crippen LogP contribution is 2.29. The highest BCUT2D eigenvalue weighted by Gasteiger charge is 2.15. The fourth-order valence-electron chi connectivity index (χ4n) is 2.19. The summed E-state index contributed by atoms with van der Waals surface area (Å²) in [6.07, 6.45) is 0. The third-order valence-electron chi connectivity index (χ3n) is 3.39. The second kappa shape index (κ2) is 6.96. The third-order valence-corrected chi connectivity index (χ3v) is 4.36. The van der Waals surface area contributed by atoms with Gasteiger partial charge < -0.3 is 4.74 Å². The standard InChI is InChI=1S/C16H14F2N4OS/c1-10-6-7-14(23-2)13(8-10)22-16(19-20-21-22)24-9-11-4-3-5-12(17)15(11)18/h3-8H,9H2,1-2H3. The van der Waals surface area contributed by atoms with Gasteiger partial charge in [-0.15, -0.1) is 5.10 Å². The molecule has 5 nitrogen and oxygen atoms in total. The van der Waals surface area contributed by atoms with E-state index in [0.29, 0.717) is 16.6 Å². The Morgan fingerprint density at radius 1 is 1.21 bits per heavy atom. The predicted molar refractivity (Wildman–Crippen MR) is 86.4 cm³/mol. The molecule has 0 unspecified atom stereocenters. The number of nitrogens with zero attached hydrogens (tertiary/aromatic N) is 4. The zero-order chi connectivity index (χ0) is 17.1. The second-order valence-electron chi connectivity index (χ2n) is 5.05. The van der Waals surface area contributed by atoms with Crippen molar-refractivity contribution in [3.8, 4) is 11.4 Å². The van der Waals surface area contributed by atoms with E-state index in [-0.39, 0.29) is 11.3 Å². The Morgan fingerprint density at radius 3 is 2.83 bits per heavy atom. The number of tetrazole rings is 1. The van der Waals surface area contributed by atoms with Crippen molar-refractivity contribution in [1.82, 2.24) is 20.2 Å². The first kappa shape index (κ1) is 16.4. The van der Waals surface area contributed by atoms with Crippen molar-refractivity contribution in [2.45, 2.75) is 17.8 Å². The van der Waals surface area contributed by atoms with Crippen LogP contribution in [-0.4, -0.2) is 27.3 Å². The molecular formula is C16H14F2N4OS. The summed E-state index contributed by atoms with van der Waals surface area (Å²) in [5.41, 5.74) is 1.96. The van der Waals surface area contributed by atoms with Crippen LogP contribution in [0.25, 0.3) is 5.69 Å². The molecular weight excluding hydrogens is 334 g/mol. The minimum Gasteiger partial charge on any atom is -0.494 e. The van der Waals surface area contributed by atoms with Gasteiger partial charge in [-0.1, -0.05) is 30.0 Å². The summed E-state index contributed by atoms with van der Waals surface area (Å²) in [7, 11) is 1.56. The quantitative estimate of drug-likeness (QED) is 0.660. The van der Waals surface area contributed by atoms with Gasteiger partial charge in [0.1, 0.15) is 11.4 Å². The van der Waals surface area contributed by atoms with Gasteiger partial charge in [-0.25, -0.2) is 8.78 Å². The molecule has 124 valence electrons. The van der Waals surface area contributed by atoms with Crippen LogP contribution < -0.4 is 4.74 Å². The maximum Gasteiger partial charge on any atom is 0.214 e. The number of halogens is 2. The summed E-state index contributed by atoms with van der Waals surface area (Å²) in [5, 5.41) is 12.1. The topological polar surface area (TPSA) is 52.8 Å². The lowest BCUT2D eigenvalue weighted by molar-refractivity contribution is 0.410. The Labute approximate surface area is 141 Å². The number of ether oxygens (including phenoxy) is 1. The lowest BCUT2D eigenvalue weighted by Crippen LogP contribution is -2.03. The molecule has 0 aliphatic carbocycles. The van der Waals surface area contributed by atoms with Crippen molar-refractivity contribution in [3.05, 3.63) is 59.2 Å². The van der Waals surface area contributed by atoms with E-state index in [9.17, 15) is 8.78 Å². The first-order chi connectivity index (χ1) is 11.6. The Morgan fingerprint density at radius 2 is 2.04 bits per heavy atom. The van der Waals surface area contributed by atoms with Crippen molar-refractivity contribution in [3.63, 3.8) is 0 Å². The van der Waals surface area contributed by atoms with E-state index in [1.165, 1.54) is 28.6 Å². The maximum absolute atomic E-state index is 13.8. The van der Waals surface area contributed by atoms with E-state index < -0.39 is 11.6 Å². The van der Waals surface area contributed by atoms with E-state index in [0.717, 1.165) is 11.6 Å². The van der Waals surface area contributed by atoms with Crippen LogP contribution in [0.4, 0.5) is 8.78 Å². The molecule has 0 spiro atoms. The van der Waals surface area contributed by atoms with Crippen LogP contribution in [0.2, 0.25) is 0 Å². The summed E-state index contributed by atoms with van der Waals surface area (Å²) >= 11 is 1.21. The van der Waals surface area contributed by atoms with Crippen molar-refractivity contribution in [1.29, 1.82) is 0 Å². The number of hydrogen-bond donors (Lipinski definition) is 0. The lowest BCUT2D eigenvalue weighted by atomic mass is 10.2. The molecule has 0 amide bonds. The molecule has 0 radical (unpaired) electrons. The number of thioether (sulfide) groups is 1. The highest BCUT2D eigenvalue weighted by molar-refractivity contribution is 7.98. The van der Waals surface area contributed by atoms with E-state index in [4.69, 9.17) is 4.74 Å². The number of aryl methyl sites for hydroxylation is 1. The molecule has 0 bridgehead atoms. The average molecular weight is 348 g/mol. The summed E-state index contributed by atoms with van der Waals surface area (Å²) in [4.78, 5) is 0. The first-order valence-electron chi connectivity index (χ1n) is 7.09. The van der Waals surface area contributed by atoms with Gasteiger partial charge in [0, 0.05) is 11.3 Å². The van der Waals surface area contributed by atoms with Crippen molar-refractivity contribution in [2.24, 2.45) is 0 Å². The van der Waals surface area contributed by atoms with Gasteiger partial charge in [-0.2, -0.15) is 4.68 Å². The van der Waals surface area contributed by atoms with Gasteiger partial charge in [-0.05, 0) is 41.1 Å². The predicted octanol–water partition coefficient (Wildman–Crippen LogP) is 3.55. The Kier molecular flexibility index (Phi) is 4.75. The van der Waals surface area contributed by atoms with Gasteiger partial charge in [-0.3, -0.25) is 0 Å². The third kappa shape index (κ3) is 3.23. The zero-order valence-electron chi connectivity index (χ0n) is 13.0. The van der Waals surface area contributed by atoms with Crippen LogP contribution in [0.3, 0.4) is 0 Å². The van der Waals surface area contributed by atoms with Crippen LogP contribution in [0.1, 0.15) is 11.1 Å². The fraction of sp³-hybridized carbons (Fsp3) is 0.188. The van der Waals surface area contributed by atoms with Crippen molar-refractivity contribution in [2.75, 3.05) is 7.11 Å². The summed E-state index contributed by atoms with van der Waals surface area (Å²) in [6, 6.07) is 9.73. The molecule has 8 heteroatoms. The molecule has 0 fully saturated rings. The largest absolute Gasteiger partial charge is 0.494 e. The first-order valence-corrected chi connectivity index (χ1v) is 8.08. The van der Waals surface area contributed by atoms with Crippen LogP contribution >= 0.6 is 11.8 Å². The normalized spacial score (nSPS) is 10.8. The van der Waals surface area contributed by atoms with E-state index in [2.05, 4.69) is 15.5 Å². The number of hydrogen-bond acceptors (Lipinski definition) is 5. The van der Waals surface area contributed by atoms with Crippen molar-refractivity contribution < 1.29 is 13.5 Å². The minimum atomic E-state index is -0.868. The molecule has 24 heavy (non-hydrogen) atoms. The molecule has 0 atom stereocenters. The number of methoxy groups -OCH3 is 1. The van der Waals surface area contributed by atoms with Crippen LogP contribution in [-0.2, 0) is 5.75 Å². The minimum absolute atomic E-state index is 0.206. The molecule has 0 saturated heterocycles. The Hall–Kier alpha value is -2.48. The van der Waals surface area contributed by atoms with Gasteiger partial charge in [0.25, 0.3) is 0 Å². The average Bonchev–Trinajstić information content (AvgIpc) is 3.04. The summed E-state index contributed by atoms with van der Waals surface area (Å²) in [5.74, 6) is -0.894.